The van der Waals surface area contributed by atoms with Crippen molar-refractivity contribution < 1.29 is 0 Å². The monoisotopic (exact) mass is 460 g/mol. The van der Waals surface area contributed by atoms with Gasteiger partial charge in [0.05, 0.1) is 11.6 Å². The minimum absolute atomic E-state index is 0.624. The molecule has 0 N–H and O–H groups in total. The molecule has 1 heterocycles. The van der Waals surface area contributed by atoms with Gasteiger partial charge in [-0.05, 0) is 22.6 Å². The summed E-state index contributed by atoms with van der Waals surface area (Å²) in [5.74, 6) is 1.90. The van der Waals surface area contributed by atoms with Crippen molar-refractivity contribution >= 4 is 10.8 Å². The first-order valence-corrected chi connectivity index (χ1v) is 11.7. The van der Waals surface area contributed by atoms with E-state index in [0.717, 1.165) is 38.6 Å². The molecular weight excluding hydrogens is 440 g/mol. The van der Waals surface area contributed by atoms with Gasteiger partial charge in [0.15, 0.2) is 17.5 Å². The summed E-state index contributed by atoms with van der Waals surface area (Å²) < 4.78 is 0. The molecule has 0 atom stereocenters. The molecule has 168 valence electrons. The van der Waals surface area contributed by atoms with E-state index in [9.17, 15) is 5.26 Å². The van der Waals surface area contributed by atoms with Crippen LogP contribution in [0.25, 0.3) is 56.1 Å². The Labute approximate surface area is 209 Å². The van der Waals surface area contributed by atoms with Gasteiger partial charge in [0, 0.05) is 22.1 Å². The fraction of sp³-hybridized carbons (Fsp3) is 0. The lowest BCUT2D eigenvalue weighted by molar-refractivity contribution is 1.07. The maximum absolute atomic E-state index is 9.50. The van der Waals surface area contributed by atoms with Gasteiger partial charge in [0.1, 0.15) is 0 Å². The van der Waals surface area contributed by atoms with Gasteiger partial charge in [0.2, 0.25) is 0 Å². The Balaban J connectivity index is 1.45. The molecule has 0 saturated carbocycles. The predicted octanol–water partition coefficient (Wildman–Crippen LogP) is 7.56. The van der Waals surface area contributed by atoms with Crippen LogP contribution in [0.15, 0.2) is 121 Å². The van der Waals surface area contributed by atoms with E-state index in [1.807, 2.05) is 97.1 Å². The molecule has 0 aliphatic carbocycles. The number of aromatic nitrogens is 3. The predicted molar refractivity (Wildman–Crippen MR) is 144 cm³/mol. The van der Waals surface area contributed by atoms with Crippen molar-refractivity contribution in [3.8, 4) is 51.4 Å². The van der Waals surface area contributed by atoms with E-state index < -0.39 is 0 Å². The maximum Gasteiger partial charge on any atom is 0.164 e. The molecule has 1 aromatic heterocycles. The Bertz CT molecular complexity index is 1660. The number of fused-ring (bicyclic) bond motifs is 1. The number of hydrogen-bond donors (Lipinski definition) is 0. The van der Waals surface area contributed by atoms with Gasteiger partial charge in [-0.2, -0.15) is 5.26 Å². The molecule has 0 unspecified atom stereocenters. The van der Waals surface area contributed by atoms with Crippen LogP contribution in [0.1, 0.15) is 5.56 Å². The Morgan fingerprint density at radius 2 is 0.889 bits per heavy atom. The summed E-state index contributed by atoms with van der Waals surface area (Å²) in [7, 11) is 0. The van der Waals surface area contributed by atoms with Gasteiger partial charge in [0.25, 0.3) is 0 Å². The summed E-state index contributed by atoms with van der Waals surface area (Å²) in [5.41, 5.74) is 5.63. The fourth-order valence-corrected chi connectivity index (χ4v) is 4.40. The van der Waals surface area contributed by atoms with Crippen LogP contribution in [0.3, 0.4) is 0 Å². The summed E-state index contributed by atoms with van der Waals surface area (Å²) in [5, 5.41) is 11.5. The SMILES string of the molecule is N#Cc1cccc2c(-c3ccc(-c4nc(-c5ccccc5)nc(-c5ccccc5)n4)cc3)cccc12. The van der Waals surface area contributed by atoms with Crippen molar-refractivity contribution in [2.45, 2.75) is 0 Å². The molecule has 0 radical (unpaired) electrons. The van der Waals surface area contributed by atoms with E-state index in [1.165, 1.54) is 0 Å². The quantitative estimate of drug-likeness (QED) is 0.272. The molecule has 6 rings (SSSR count). The summed E-state index contributed by atoms with van der Waals surface area (Å²) in [6.45, 7) is 0. The minimum atomic E-state index is 0.624. The molecule has 36 heavy (non-hydrogen) atoms. The zero-order valence-corrected chi connectivity index (χ0v) is 19.3. The Morgan fingerprint density at radius 1 is 0.417 bits per heavy atom. The third-order valence-corrected chi connectivity index (χ3v) is 6.20. The number of rotatable bonds is 4. The molecule has 6 aromatic rings. The van der Waals surface area contributed by atoms with Crippen LogP contribution in [-0.2, 0) is 0 Å². The van der Waals surface area contributed by atoms with Crippen LogP contribution < -0.4 is 0 Å². The lowest BCUT2D eigenvalue weighted by Gasteiger charge is -2.10. The van der Waals surface area contributed by atoms with Crippen molar-refractivity contribution in [2.75, 3.05) is 0 Å². The first-order valence-electron chi connectivity index (χ1n) is 11.7. The molecule has 4 nitrogen and oxygen atoms in total. The average molecular weight is 461 g/mol. The van der Waals surface area contributed by atoms with Crippen LogP contribution in [0, 0.1) is 11.3 Å². The molecule has 0 fully saturated rings. The van der Waals surface area contributed by atoms with Crippen molar-refractivity contribution in [3.63, 3.8) is 0 Å². The van der Waals surface area contributed by atoms with Crippen LogP contribution in [-0.4, -0.2) is 15.0 Å². The zero-order valence-electron chi connectivity index (χ0n) is 19.3. The molecule has 0 aliphatic rings. The summed E-state index contributed by atoms with van der Waals surface area (Å²) in [6.07, 6.45) is 0. The van der Waals surface area contributed by atoms with Crippen LogP contribution >= 0.6 is 0 Å². The maximum atomic E-state index is 9.50. The third kappa shape index (κ3) is 4.00. The van der Waals surface area contributed by atoms with E-state index in [2.05, 4.69) is 30.3 Å². The Morgan fingerprint density at radius 3 is 1.44 bits per heavy atom. The number of nitrogens with zero attached hydrogens (tertiary/aromatic N) is 4. The second-order valence-corrected chi connectivity index (χ2v) is 8.43. The Hall–Kier alpha value is -5.14. The van der Waals surface area contributed by atoms with Gasteiger partial charge in [-0.1, -0.05) is 115 Å². The van der Waals surface area contributed by atoms with Gasteiger partial charge in [-0.3, -0.25) is 0 Å². The Kier molecular flexibility index (Phi) is 5.50. The standard InChI is InChI=1S/C32H20N4/c33-21-26-13-7-16-29-27(14-8-15-28(26)29)22-17-19-25(20-18-22)32-35-30(23-9-3-1-4-10-23)34-31(36-32)24-11-5-2-6-12-24/h1-20H. The second-order valence-electron chi connectivity index (χ2n) is 8.43. The zero-order chi connectivity index (χ0) is 24.3. The first kappa shape index (κ1) is 21.4. The highest BCUT2D eigenvalue weighted by Crippen LogP contribution is 2.32. The highest BCUT2D eigenvalue weighted by molar-refractivity contribution is 5.99. The van der Waals surface area contributed by atoms with E-state index in [1.54, 1.807) is 0 Å². The largest absolute Gasteiger partial charge is 0.208 e. The van der Waals surface area contributed by atoms with Gasteiger partial charge in [-0.25, -0.2) is 15.0 Å². The summed E-state index contributed by atoms with van der Waals surface area (Å²) >= 11 is 0. The van der Waals surface area contributed by atoms with Crippen molar-refractivity contribution in [1.82, 2.24) is 15.0 Å². The van der Waals surface area contributed by atoms with Crippen molar-refractivity contribution in [3.05, 3.63) is 127 Å². The van der Waals surface area contributed by atoms with Gasteiger partial charge >= 0.3 is 0 Å². The van der Waals surface area contributed by atoms with Crippen LogP contribution in [0.4, 0.5) is 0 Å². The van der Waals surface area contributed by atoms with Crippen molar-refractivity contribution in [2.24, 2.45) is 0 Å². The average Bonchev–Trinajstić information content (AvgIpc) is 2.97. The topological polar surface area (TPSA) is 62.5 Å². The molecule has 0 aliphatic heterocycles. The normalized spacial score (nSPS) is 10.8. The first-order chi connectivity index (χ1) is 17.8. The molecule has 0 saturated heterocycles. The molecule has 0 bridgehead atoms. The number of hydrogen-bond acceptors (Lipinski definition) is 4. The highest BCUT2D eigenvalue weighted by Gasteiger charge is 2.13. The molecule has 0 spiro atoms. The van der Waals surface area contributed by atoms with Crippen molar-refractivity contribution in [1.29, 1.82) is 5.26 Å². The molecular formula is C32H20N4. The van der Waals surface area contributed by atoms with Gasteiger partial charge in [-0.15, -0.1) is 0 Å². The van der Waals surface area contributed by atoms with Crippen LogP contribution in [0.2, 0.25) is 0 Å². The smallest absolute Gasteiger partial charge is 0.164 e. The van der Waals surface area contributed by atoms with Gasteiger partial charge < -0.3 is 0 Å². The summed E-state index contributed by atoms with van der Waals surface area (Å²) in [6, 6.07) is 42.4. The molecule has 0 amide bonds. The third-order valence-electron chi connectivity index (χ3n) is 6.20. The lowest BCUT2D eigenvalue weighted by atomic mass is 9.95. The lowest BCUT2D eigenvalue weighted by Crippen LogP contribution is -2.00. The number of benzene rings is 5. The van der Waals surface area contributed by atoms with E-state index in [0.29, 0.717) is 23.0 Å². The molecule has 5 aromatic carbocycles. The van der Waals surface area contributed by atoms with E-state index >= 15 is 0 Å². The molecule has 4 heteroatoms. The number of nitriles is 1. The summed E-state index contributed by atoms with van der Waals surface area (Å²) in [4.78, 5) is 14.4. The highest BCUT2D eigenvalue weighted by atomic mass is 15.0. The fourth-order valence-electron chi connectivity index (χ4n) is 4.40. The minimum Gasteiger partial charge on any atom is -0.208 e. The van der Waals surface area contributed by atoms with Crippen LogP contribution in [0.5, 0.6) is 0 Å². The van der Waals surface area contributed by atoms with E-state index in [-0.39, 0.29) is 0 Å². The second kappa shape index (κ2) is 9.25. The van der Waals surface area contributed by atoms with E-state index in [4.69, 9.17) is 15.0 Å².